The van der Waals surface area contributed by atoms with Crippen LogP contribution < -0.4 is 10.2 Å². The number of nitro groups is 1. The molecule has 1 saturated heterocycles. The predicted molar refractivity (Wildman–Crippen MR) is 65.2 cm³/mol. The zero-order valence-corrected chi connectivity index (χ0v) is 9.80. The SMILES string of the molecule is CNCC1CCCN1c1ccc([N+](=O)[O-])nc1. The van der Waals surface area contributed by atoms with Gasteiger partial charge < -0.3 is 20.3 Å². The molecule has 6 heteroatoms. The van der Waals surface area contributed by atoms with Crippen LogP contribution in [0.5, 0.6) is 0 Å². The second-order valence-electron chi connectivity index (χ2n) is 4.18. The van der Waals surface area contributed by atoms with Crippen molar-refractivity contribution in [2.75, 3.05) is 25.0 Å². The van der Waals surface area contributed by atoms with Gasteiger partial charge in [-0.25, -0.2) is 0 Å². The Hall–Kier alpha value is -1.69. The number of hydrogen-bond donors (Lipinski definition) is 1. The number of anilines is 1. The Balaban J connectivity index is 2.13. The Bertz CT molecular complexity index is 393. The molecule has 0 aliphatic carbocycles. The lowest BCUT2D eigenvalue weighted by molar-refractivity contribution is -0.389. The van der Waals surface area contributed by atoms with Crippen LogP contribution >= 0.6 is 0 Å². The van der Waals surface area contributed by atoms with E-state index < -0.39 is 4.92 Å². The Morgan fingerprint density at radius 2 is 2.47 bits per heavy atom. The number of aromatic nitrogens is 1. The second-order valence-corrected chi connectivity index (χ2v) is 4.18. The van der Waals surface area contributed by atoms with Crippen LogP contribution in [0.2, 0.25) is 0 Å². The van der Waals surface area contributed by atoms with Gasteiger partial charge in [0.05, 0.1) is 5.69 Å². The van der Waals surface area contributed by atoms with Gasteiger partial charge in [-0.3, -0.25) is 0 Å². The van der Waals surface area contributed by atoms with Crippen LogP contribution in [0.4, 0.5) is 11.5 Å². The second kappa shape index (κ2) is 5.09. The van der Waals surface area contributed by atoms with E-state index in [0.717, 1.165) is 31.6 Å². The summed E-state index contributed by atoms with van der Waals surface area (Å²) in [7, 11) is 1.94. The molecule has 0 bridgehead atoms. The normalized spacial score (nSPS) is 19.6. The number of pyridine rings is 1. The summed E-state index contributed by atoms with van der Waals surface area (Å²) < 4.78 is 0. The fourth-order valence-corrected chi connectivity index (χ4v) is 2.28. The van der Waals surface area contributed by atoms with Crippen LogP contribution in [0.3, 0.4) is 0 Å². The number of likely N-dealkylation sites (N-methyl/N-ethyl adjacent to an activating group) is 1. The molecule has 6 nitrogen and oxygen atoms in total. The lowest BCUT2D eigenvalue weighted by Gasteiger charge is -2.25. The van der Waals surface area contributed by atoms with Gasteiger partial charge in [0, 0.05) is 25.2 Å². The first kappa shape index (κ1) is 11.8. The summed E-state index contributed by atoms with van der Waals surface area (Å²) >= 11 is 0. The monoisotopic (exact) mass is 236 g/mol. The van der Waals surface area contributed by atoms with E-state index in [9.17, 15) is 10.1 Å². The molecule has 0 spiro atoms. The molecule has 0 amide bonds. The molecule has 0 saturated carbocycles. The molecular formula is C11H16N4O2. The highest BCUT2D eigenvalue weighted by Gasteiger charge is 2.25. The molecule has 17 heavy (non-hydrogen) atoms. The van der Waals surface area contributed by atoms with E-state index >= 15 is 0 Å². The van der Waals surface area contributed by atoms with Crippen molar-refractivity contribution < 1.29 is 4.92 Å². The average molecular weight is 236 g/mol. The molecule has 1 aromatic heterocycles. The summed E-state index contributed by atoms with van der Waals surface area (Å²) in [5, 5.41) is 13.7. The van der Waals surface area contributed by atoms with E-state index in [0.29, 0.717) is 6.04 Å². The lowest BCUT2D eigenvalue weighted by atomic mass is 10.2. The molecule has 2 rings (SSSR count). The van der Waals surface area contributed by atoms with Crippen LogP contribution in [0.1, 0.15) is 12.8 Å². The number of rotatable bonds is 4. The van der Waals surface area contributed by atoms with Gasteiger partial charge >= 0.3 is 5.82 Å². The van der Waals surface area contributed by atoms with Gasteiger partial charge in [0.1, 0.15) is 0 Å². The van der Waals surface area contributed by atoms with Crippen molar-refractivity contribution in [1.82, 2.24) is 10.3 Å². The first-order chi connectivity index (χ1) is 8.22. The molecule has 1 unspecified atom stereocenters. The molecule has 1 aliphatic heterocycles. The summed E-state index contributed by atoms with van der Waals surface area (Å²) in [6, 6.07) is 3.70. The van der Waals surface area contributed by atoms with E-state index in [1.807, 2.05) is 7.05 Å². The molecule has 1 fully saturated rings. The molecule has 1 atom stereocenters. The largest absolute Gasteiger partial charge is 0.364 e. The summed E-state index contributed by atoms with van der Waals surface area (Å²) in [5.41, 5.74) is 0.966. The van der Waals surface area contributed by atoms with Crippen molar-refractivity contribution in [3.05, 3.63) is 28.4 Å². The number of nitrogens with one attached hydrogen (secondary N) is 1. The molecule has 1 aromatic rings. The van der Waals surface area contributed by atoms with E-state index in [1.165, 1.54) is 6.07 Å². The quantitative estimate of drug-likeness (QED) is 0.627. The lowest BCUT2D eigenvalue weighted by Crippen LogP contribution is -2.36. The Kier molecular flexibility index (Phi) is 3.53. The fourth-order valence-electron chi connectivity index (χ4n) is 2.28. The van der Waals surface area contributed by atoms with Gasteiger partial charge in [0.25, 0.3) is 0 Å². The standard InChI is InChI=1S/C11H16N4O2/c1-12-7-9-3-2-6-14(9)10-4-5-11(13-8-10)15(16)17/h4-5,8-9,12H,2-3,6-7H2,1H3. The smallest absolute Gasteiger partial charge is 0.363 e. The Morgan fingerprint density at radius 3 is 3.06 bits per heavy atom. The molecule has 92 valence electrons. The van der Waals surface area contributed by atoms with E-state index in [2.05, 4.69) is 15.2 Å². The number of nitrogens with zero attached hydrogens (tertiary/aromatic N) is 3. The molecule has 0 radical (unpaired) electrons. The zero-order valence-electron chi connectivity index (χ0n) is 9.80. The van der Waals surface area contributed by atoms with Crippen LogP contribution in [0, 0.1) is 10.1 Å². The third kappa shape index (κ3) is 2.52. The minimum absolute atomic E-state index is 0.0990. The van der Waals surface area contributed by atoms with Gasteiger partial charge in [-0.1, -0.05) is 0 Å². The van der Waals surface area contributed by atoms with Crippen molar-refractivity contribution in [3.8, 4) is 0 Å². The highest BCUT2D eigenvalue weighted by Crippen LogP contribution is 2.25. The molecular weight excluding hydrogens is 220 g/mol. The van der Waals surface area contributed by atoms with Gasteiger partial charge in [-0.2, -0.15) is 0 Å². The van der Waals surface area contributed by atoms with Crippen LogP contribution in [-0.4, -0.2) is 36.1 Å². The summed E-state index contributed by atoms with van der Waals surface area (Å²) in [5.74, 6) is -0.0990. The first-order valence-corrected chi connectivity index (χ1v) is 5.74. The minimum atomic E-state index is -0.473. The number of hydrogen-bond acceptors (Lipinski definition) is 5. The van der Waals surface area contributed by atoms with Crippen molar-refractivity contribution >= 4 is 11.5 Å². The summed E-state index contributed by atoms with van der Waals surface area (Å²) in [6.45, 7) is 1.92. The molecule has 0 aromatic carbocycles. The van der Waals surface area contributed by atoms with Gasteiger partial charge in [0.2, 0.25) is 0 Å². The van der Waals surface area contributed by atoms with Crippen LogP contribution in [0.15, 0.2) is 18.3 Å². The summed E-state index contributed by atoms with van der Waals surface area (Å²) in [6.07, 6.45) is 3.90. The minimum Gasteiger partial charge on any atom is -0.364 e. The third-order valence-electron chi connectivity index (χ3n) is 3.07. The van der Waals surface area contributed by atoms with Gasteiger partial charge in [-0.05, 0) is 35.9 Å². The van der Waals surface area contributed by atoms with Crippen molar-refractivity contribution in [1.29, 1.82) is 0 Å². The maximum absolute atomic E-state index is 10.5. The highest BCUT2D eigenvalue weighted by molar-refractivity contribution is 5.48. The van der Waals surface area contributed by atoms with Gasteiger partial charge in [-0.15, -0.1) is 0 Å². The van der Waals surface area contributed by atoms with Crippen LogP contribution in [0.25, 0.3) is 0 Å². The maximum Gasteiger partial charge on any atom is 0.363 e. The third-order valence-corrected chi connectivity index (χ3v) is 3.07. The predicted octanol–water partition coefficient (Wildman–Crippen LogP) is 1.18. The zero-order chi connectivity index (χ0) is 12.3. The Labute approximate surface area is 99.8 Å². The fraction of sp³-hybridized carbons (Fsp3) is 0.545. The van der Waals surface area contributed by atoms with Crippen molar-refractivity contribution in [2.24, 2.45) is 0 Å². The maximum atomic E-state index is 10.5. The van der Waals surface area contributed by atoms with E-state index in [-0.39, 0.29) is 5.82 Å². The van der Waals surface area contributed by atoms with E-state index in [4.69, 9.17) is 0 Å². The molecule has 1 N–H and O–H groups in total. The Morgan fingerprint density at radius 1 is 1.65 bits per heavy atom. The highest BCUT2D eigenvalue weighted by atomic mass is 16.6. The van der Waals surface area contributed by atoms with Crippen LogP contribution in [-0.2, 0) is 0 Å². The average Bonchev–Trinajstić information content (AvgIpc) is 2.78. The molecule has 2 heterocycles. The first-order valence-electron chi connectivity index (χ1n) is 5.74. The van der Waals surface area contributed by atoms with Crippen molar-refractivity contribution in [2.45, 2.75) is 18.9 Å². The van der Waals surface area contributed by atoms with E-state index in [1.54, 1.807) is 12.3 Å². The topological polar surface area (TPSA) is 71.3 Å². The molecule has 1 aliphatic rings. The van der Waals surface area contributed by atoms with Crippen molar-refractivity contribution in [3.63, 3.8) is 0 Å². The summed E-state index contributed by atoms with van der Waals surface area (Å²) in [4.78, 5) is 16.2. The van der Waals surface area contributed by atoms with Gasteiger partial charge in [0.15, 0.2) is 6.20 Å².